The summed E-state index contributed by atoms with van der Waals surface area (Å²) in [6, 6.07) is 6.21. The molecule has 5 heteroatoms. The zero-order chi connectivity index (χ0) is 11.3. The van der Waals surface area contributed by atoms with Gasteiger partial charge in [-0.1, -0.05) is 12.1 Å². The topological polar surface area (TPSA) is 62.2 Å². The SMILES string of the molecule is CCOC(=O)NC(=N)c1cc[c]c(F)c1. The Morgan fingerprint density at radius 2 is 2.47 bits per heavy atom. The lowest BCUT2D eigenvalue weighted by molar-refractivity contribution is 0.158. The quantitative estimate of drug-likeness (QED) is 0.575. The van der Waals surface area contributed by atoms with Gasteiger partial charge in [0.2, 0.25) is 0 Å². The molecule has 0 aliphatic heterocycles. The van der Waals surface area contributed by atoms with Crippen LogP contribution in [0.3, 0.4) is 0 Å². The third-order valence-electron chi connectivity index (χ3n) is 1.56. The van der Waals surface area contributed by atoms with Crippen LogP contribution in [0, 0.1) is 17.3 Å². The van der Waals surface area contributed by atoms with Crippen molar-refractivity contribution in [3.8, 4) is 0 Å². The number of hydrogen-bond acceptors (Lipinski definition) is 3. The summed E-state index contributed by atoms with van der Waals surface area (Å²) in [6.45, 7) is 1.87. The minimum absolute atomic E-state index is 0.207. The van der Waals surface area contributed by atoms with E-state index in [1.807, 2.05) is 0 Å². The van der Waals surface area contributed by atoms with Gasteiger partial charge in [0.1, 0.15) is 11.7 Å². The fourth-order valence-corrected chi connectivity index (χ4v) is 0.934. The predicted molar refractivity (Wildman–Crippen MR) is 52.2 cm³/mol. The number of carbonyl (C=O) groups is 1. The van der Waals surface area contributed by atoms with Crippen LogP contribution in [0.2, 0.25) is 0 Å². The molecule has 4 nitrogen and oxygen atoms in total. The molecule has 1 radical (unpaired) electrons. The van der Waals surface area contributed by atoms with E-state index in [2.05, 4.69) is 16.1 Å². The van der Waals surface area contributed by atoms with Crippen LogP contribution in [0.4, 0.5) is 9.18 Å². The normalized spacial score (nSPS) is 9.47. The van der Waals surface area contributed by atoms with Crippen LogP contribution in [0.1, 0.15) is 12.5 Å². The molecular formula is C10H10FN2O2. The van der Waals surface area contributed by atoms with Crippen molar-refractivity contribution in [1.29, 1.82) is 5.41 Å². The second-order valence-electron chi connectivity index (χ2n) is 2.65. The molecule has 0 heterocycles. The monoisotopic (exact) mass is 209 g/mol. The standard InChI is InChI=1S/C10H10FN2O2/c1-2-15-10(14)13-9(12)7-4-3-5-8(11)6-7/h3-4,6H,2H2,1H3,(H2,12,13,14). The first-order valence-corrected chi connectivity index (χ1v) is 4.33. The molecule has 1 aromatic rings. The molecule has 1 amide bonds. The van der Waals surface area contributed by atoms with Crippen LogP contribution in [-0.2, 0) is 4.74 Å². The number of amidine groups is 1. The number of halogens is 1. The second kappa shape index (κ2) is 5.09. The zero-order valence-corrected chi connectivity index (χ0v) is 8.13. The van der Waals surface area contributed by atoms with Gasteiger partial charge in [-0.15, -0.1) is 0 Å². The van der Waals surface area contributed by atoms with Crippen molar-refractivity contribution in [1.82, 2.24) is 5.32 Å². The number of hydrogen-bond donors (Lipinski definition) is 2. The first-order chi connectivity index (χ1) is 7.13. The van der Waals surface area contributed by atoms with E-state index in [-0.39, 0.29) is 18.0 Å². The average Bonchev–Trinajstić information content (AvgIpc) is 2.18. The maximum absolute atomic E-state index is 12.7. The summed E-state index contributed by atoms with van der Waals surface area (Å²) in [5, 5.41) is 9.61. The highest BCUT2D eigenvalue weighted by atomic mass is 19.1. The highest BCUT2D eigenvalue weighted by Gasteiger charge is 2.07. The Bertz CT molecular complexity index is 379. The van der Waals surface area contributed by atoms with Crippen LogP contribution < -0.4 is 5.32 Å². The third kappa shape index (κ3) is 3.38. The lowest BCUT2D eigenvalue weighted by atomic mass is 10.2. The molecule has 0 aliphatic rings. The van der Waals surface area contributed by atoms with Crippen molar-refractivity contribution in [3.63, 3.8) is 0 Å². The number of amides is 1. The lowest BCUT2D eigenvalue weighted by Gasteiger charge is -2.06. The maximum Gasteiger partial charge on any atom is 0.412 e. The Labute approximate surface area is 86.6 Å². The summed E-state index contributed by atoms with van der Waals surface area (Å²) in [5.41, 5.74) is 0.263. The first kappa shape index (κ1) is 11.2. The van der Waals surface area contributed by atoms with E-state index in [0.29, 0.717) is 0 Å². The molecule has 0 saturated carbocycles. The van der Waals surface area contributed by atoms with Crippen molar-refractivity contribution < 1.29 is 13.9 Å². The van der Waals surface area contributed by atoms with Crippen molar-refractivity contribution in [2.24, 2.45) is 0 Å². The predicted octanol–water partition coefficient (Wildman–Crippen LogP) is 1.70. The van der Waals surface area contributed by atoms with Crippen LogP contribution in [0.15, 0.2) is 18.2 Å². The highest BCUT2D eigenvalue weighted by molar-refractivity contribution is 6.04. The molecule has 1 aromatic carbocycles. The van der Waals surface area contributed by atoms with E-state index in [1.165, 1.54) is 12.1 Å². The fraction of sp³-hybridized carbons (Fsp3) is 0.200. The summed E-state index contributed by atoms with van der Waals surface area (Å²) < 4.78 is 17.3. The number of alkyl carbamates (subject to hydrolysis) is 1. The van der Waals surface area contributed by atoms with Gasteiger partial charge in [0, 0.05) is 11.6 Å². The van der Waals surface area contributed by atoms with Crippen molar-refractivity contribution in [2.75, 3.05) is 6.61 Å². The third-order valence-corrected chi connectivity index (χ3v) is 1.56. The number of carbonyl (C=O) groups excluding carboxylic acids is 1. The Morgan fingerprint density at radius 1 is 1.73 bits per heavy atom. The molecule has 0 fully saturated rings. The van der Waals surface area contributed by atoms with Gasteiger partial charge < -0.3 is 4.74 Å². The smallest absolute Gasteiger partial charge is 0.412 e. The Kier molecular flexibility index (Phi) is 3.79. The number of ether oxygens (including phenoxy) is 1. The van der Waals surface area contributed by atoms with Gasteiger partial charge in [-0.2, -0.15) is 0 Å². The van der Waals surface area contributed by atoms with Gasteiger partial charge >= 0.3 is 6.09 Å². The average molecular weight is 209 g/mol. The van der Waals surface area contributed by atoms with Crippen LogP contribution in [0.25, 0.3) is 0 Å². The van der Waals surface area contributed by atoms with E-state index in [0.717, 1.165) is 6.07 Å². The van der Waals surface area contributed by atoms with Crippen molar-refractivity contribution >= 4 is 11.9 Å². The van der Waals surface area contributed by atoms with Crippen molar-refractivity contribution in [3.05, 3.63) is 35.6 Å². The minimum Gasteiger partial charge on any atom is -0.450 e. The van der Waals surface area contributed by atoms with E-state index >= 15 is 0 Å². The van der Waals surface area contributed by atoms with Gasteiger partial charge in [0.25, 0.3) is 0 Å². The van der Waals surface area contributed by atoms with E-state index < -0.39 is 11.9 Å². The number of benzene rings is 1. The summed E-state index contributed by atoms with van der Waals surface area (Å²) in [5.74, 6) is -0.788. The van der Waals surface area contributed by atoms with Crippen LogP contribution >= 0.6 is 0 Å². The van der Waals surface area contributed by atoms with Gasteiger partial charge in [-0.25, -0.2) is 9.18 Å². The molecule has 2 N–H and O–H groups in total. The Morgan fingerprint density at radius 3 is 3.07 bits per heavy atom. The lowest BCUT2D eigenvalue weighted by Crippen LogP contribution is -2.31. The molecule has 0 atom stereocenters. The zero-order valence-electron chi connectivity index (χ0n) is 8.13. The molecule has 0 saturated heterocycles. The van der Waals surface area contributed by atoms with Crippen LogP contribution in [-0.4, -0.2) is 18.5 Å². The minimum atomic E-state index is -0.726. The molecule has 0 spiro atoms. The first-order valence-electron chi connectivity index (χ1n) is 4.33. The Balaban J connectivity index is 2.65. The molecule has 1 rings (SSSR count). The maximum atomic E-state index is 12.7. The summed E-state index contributed by atoms with van der Waals surface area (Å²) in [7, 11) is 0. The largest absolute Gasteiger partial charge is 0.450 e. The van der Waals surface area contributed by atoms with Crippen LogP contribution in [0.5, 0.6) is 0 Å². The molecule has 0 unspecified atom stereocenters. The molecule has 0 aliphatic carbocycles. The van der Waals surface area contributed by atoms with Gasteiger partial charge in [-0.05, 0) is 13.0 Å². The van der Waals surface area contributed by atoms with E-state index in [9.17, 15) is 9.18 Å². The summed E-state index contributed by atoms with van der Waals surface area (Å²) in [4.78, 5) is 10.9. The van der Waals surface area contributed by atoms with E-state index in [4.69, 9.17) is 5.41 Å². The summed E-state index contributed by atoms with van der Waals surface area (Å²) >= 11 is 0. The van der Waals surface area contributed by atoms with Gasteiger partial charge in [-0.3, -0.25) is 10.7 Å². The van der Waals surface area contributed by atoms with Gasteiger partial charge in [0.05, 0.1) is 6.61 Å². The molecular weight excluding hydrogens is 199 g/mol. The van der Waals surface area contributed by atoms with E-state index in [1.54, 1.807) is 6.92 Å². The number of rotatable bonds is 2. The molecule has 79 valence electrons. The fourth-order valence-electron chi connectivity index (χ4n) is 0.934. The molecule has 0 aromatic heterocycles. The Hall–Kier alpha value is -1.91. The second-order valence-corrected chi connectivity index (χ2v) is 2.65. The van der Waals surface area contributed by atoms with Crippen molar-refractivity contribution in [2.45, 2.75) is 6.92 Å². The summed E-state index contributed by atoms with van der Waals surface area (Å²) in [6.07, 6.45) is -0.726. The molecule has 15 heavy (non-hydrogen) atoms. The van der Waals surface area contributed by atoms with Gasteiger partial charge in [0.15, 0.2) is 0 Å². The molecule has 0 bridgehead atoms. The number of nitrogens with one attached hydrogen (secondary N) is 2. The highest BCUT2D eigenvalue weighted by Crippen LogP contribution is 2.02.